The Labute approximate surface area is 221 Å². The molecule has 37 heavy (non-hydrogen) atoms. The highest BCUT2D eigenvalue weighted by atomic mass is 15.1. The van der Waals surface area contributed by atoms with Crippen LogP contribution < -0.4 is 4.90 Å². The molecule has 182 valence electrons. The summed E-state index contributed by atoms with van der Waals surface area (Å²) in [6, 6.07) is 43.7. The van der Waals surface area contributed by atoms with E-state index in [0.29, 0.717) is 0 Å². The average molecular weight is 480 g/mol. The zero-order chi connectivity index (χ0) is 25.8. The second-order valence-electron chi connectivity index (χ2n) is 9.82. The lowest BCUT2D eigenvalue weighted by Gasteiger charge is -2.26. The van der Waals surface area contributed by atoms with Gasteiger partial charge in [0.2, 0.25) is 0 Å². The minimum Gasteiger partial charge on any atom is -0.311 e. The van der Waals surface area contributed by atoms with E-state index in [2.05, 4.69) is 160 Å². The Kier molecular flexibility index (Phi) is 7.05. The van der Waals surface area contributed by atoms with E-state index in [0.717, 1.165) is 17.1 Å². The molecule has 0 unspecified atom stereocenters. The highest BCUT2D eigenvalue weighted by Gasteiger charge is 2.13. The van der Waals surface area contributed by atoms with Crippen molar-refractivity contribution < 1.29 is 0 Å². The summed E-state index contributed by atoms with van der Waals surface area (Å²) in [5, 5.41) is 0. The van der Waals surface area contributed by atoms with E-state index in [9.17, 15) is 0 Å². The topological polar surface area (TPSA) is 3.24 Å². The smallest absolute Gasteiger partial charge is 0.0462 e. The summed E-state index contributed by atoms with van der Waals surface area (Å²) < 4.78 is 0. The number of benzene rings is 5. The maximum atomic E-state index is 2.31. The van der Waals surface area contributed by atoms with Gasteiger partial charge in [0.1, 0.15) is 0 Å². The van der Waals surface area contributed by atoms with Crippen molar-refractivity contribution >= 4 is 28.7 Å². The first-order valence-corrected chi connectivity index (χ1v) is 12.9. The van der Waals surface area contributed by atoms with Crippen molar-refractivity contribution in [2.75, 3.05) is 4.90 Å². The molecule has 5 rings (SSSR count). The van der Waals surface area contributed by atoms with Crippen molar-refractivity contribution in [2.24, 2.45) is 0 Å². The largest absolute Gasteiger partial charge is 0.311 e. The minimum atomic E-state index is 1.14. The highest BCUT2D eigenvalue weighted by Crippen LogP contribution is 2.35. The molecule has 0 aliphatic carbocycles. The van der Waals surface area contributed by atoms with E-state index in [4.69, 9.17) is 0 Å². The third-order valence-electron chi connectivity index (χ3n) is 6.95. The predicted octanol–water partition coefficient (Wildman–Crippen LogP) is 9.98. The van der Waals surface area contributed by atoms with Gasteiger partial charge in [-0.15, -0.1) is 0 Å². The van der Waals surface area contributed by atoms with Gasteiger partial charge >= 0.3 is 0 Å². The molecular weight excluding hydrogens is 446 g/mol. The zero-order valence-corrected chi connectivity index (χ0v) is 22.1. The lowest BCUT2D eigenvalue weighted by atomic mass is 9.93. The molecule has 0 heterocycles. The van der Waals surface area contributed by atoms with E-state index in [-0.39, 0.29) is 0 Å². The Morgan fingerprint density at radius 1 is 0.486 bits per heavy atom. The van der Waals surface area contributed by atoms with Gasteiger partial charge in [0.15, 0.2) is 0 Å². The Hall–Kier alpha value is -4.36. The molecule has 0 saturated heterocycles. The van der Waals surface area contributed by atoms with Crippen LogP contribution in [0, 0.1) is 27.7 Å². The summed E-state index contributed by atoms with van der Waals surface area (Å²) in [6.45, 7) is 8.60. The van der Waals surface area contributed by atoms with Crippen LogP contribution in [0.15, 0.2) is 121 Å². The molecule has 0 saturated carbocycles. The van der Waals surface area contributed by atoms with Gasteiger partial charge in [0.05, 0.1) is 0 Å². The molecule has 1 nitrogen and oxygen atoms in total. The van der Waals surface area contributed by atoms with Gasteiger partial charge in [-0.1, -0.05) is 96.1 Å². The molecule has 0 aromatic heterocycles. The van der Waals surface area contributed by atoms with E-state index < -0.39 is 0 Å². The van der Waals surface area contributed by atoms with Crippen LogP contribution in [-0.2, 0) is 0 Å². The molecule has 0 aliphatic rings. The standard InChI is InChI=1S/C36H33N/c1-26-10-18-33(19-11-26)37(34-20-12-27(2)13-21-34)35-22-15-30(16-23-35)25-36(31-8-6-5-7-9-31)32-17-14-28(3)29(4)24-32/h5-25H,1-4H3. The van der Waals surface area contributed by atoms with Crippen molar-refractivity contribution in [1.82, 2.24) is 0 Å². The maximum Gasteiger partial charge on any atom is 0.0462 e. The van der Waals surface area contributed by atoms with Crippen LogP contribution in [0.4, 0.5) is 17.1 Å². The summed E-state index contributed by atoms with van der Waals surface area (Å²) in [4.78, 5) is 2.31. The molecule has 0 bridgehead atoms. The molecule has 0 amide bonds. The summed E-state index contributed by atoms with van der Waals surface area (Å²) in [5.41, 5.74) is 13.4. The summed E-state index contributed by atoms with van der Waals surface area (Å²) in [6.07, 6.45) is 2.30. The van der Waals surface area contributed by atoms with E-state index >= 15 is 0 Å². The molecule has 0 spiro atoms. The number of anilines is 3. The quantitative estimate of drug-likeness (QED) is 0.219. The number of aryl methyl sites for hydroxylation is 4. The van der Waals surface area contributed by atoms with Crippen molar-refractivity contribution in [2.45, 2.75) is 27.7 Å². The van der Waals surface area contributed by atoms with Crippen molar-refractivity contribution in [3.05, 3.63) is 160 Å². The fourth-order valence-corrected chi connectivity index (χ4v) is 4.58. The molecule has 0 aliphatic heterocycles. The van der Waals surface area contributed by atoms with Gasteiger partial charge in [-0.2, -0.15) is 0 Å². The number of nitrogens with zero attached hydrogens (tertiary/aromatic N) is 1. The summed E-state index contributed by atoms with van der Waals surface area (Å²) in [7, 11) is 0. The summed E-state index contributed by atoms with van der Waals surface area (Å²) >= 11 is 0. The van der Waals surface area contributed by atoms with Crippen molar-refractivity contribution in [3.63, 3.8) is 0 Å². The molecule has 0 radical (unpaired) electrons. The molecule has 1 heteroatoms. The fraction of sp³-hybridized carbons (Fsp3) is 0.111. The fourth-order valence-electron chi connectivity index (χ4n) is 4.58. The molecule has 0 N–H and O–H groups in total. The third-order valence-corrected chi connectivity index (χ3v) is 6.95. The van der Waals surface area contributed by atoms with Crippen molar-refractivity contribution in [3.8, 4) is 0 Å². The van der Waals surface area contributed by atoms with E-state index in [1.807, 2.05) is 0 Å². The third kappa shape index (κ3) is 5.57. The monoisotopic (exact) mass is 479 g/mol. The average Bonchev–Trinajstić information content (AvgIpc) is 2.92. The normalized spacial score (nSPS) is 11.4. The zero-order valence-electron chi connectivity index (χ0n) is 22.1. The van der Waals surface area contributed by atoms with Gasteiger partial charge < -0.3 is 4.90 Å². The number of hydrogen-bond acceptors (Lipinski definition) is 1. The minimum absolute atomic E-state index is 1.14. The maximum absolute atomic E-state index is 2.31. The molecule has 0 fully saturated rings. The van der Waals surface area contributed by atoms with Crippen LogP contribution in [0.3, 0.4) is 0 Å². The molecule has 5 aromatic rings. The van der Waals surface area contributed by atoms with Crippen molar-refractivity contribution in [1.29, 1.82) is 0 Å². The summed E-state index contributed by atoms with van der Waals surface area (Å²) in [5.74, 6) is 0. The first-order valence-electron chi connectivity index (χ1n) is 12.9. The van der Waals surface area contributed by atoms with Crippen LogP contribution in [0.1, 0.15) is 38.9 Å². The molecular formula is C36H33N. The lowest BCUT2D eigenvalue weighted by molar-refractivity contribution is 1.27. The Bertz CT molecular complexity index is 1460. The van der Waals surface area contributed by atoms with Gasteiger partial charge in [-0.25, -0.2) is 0 Å². The van der Waals surface area contributed by atoms with Gasteiger partial charge in [0, 0.05) is 17.1 Å². The Morgan fingerprint density at radius 3 is 1.51 bits per heavy atom. The second kappa shape index (κ2) is 10.7. The van der Waals surface area contributed by atoms with E-state index in [1.165, 1.54) is 44.5 Å². The van der Waals surface area contributed by atoms with Crippen LogP contribution in [0.2, 0.25) is 0 Å². The first-order chi connectivity index (χ1) is 18.0. The van der Waals surface area contributed by atoms with Gasteiger partial charge in [-0.3, -0.25) is 0 Å². The lowest BCUT2D eigenvalue weighted by Crippen LogP contribution is -2.09. The number of rotatable bonds is 6. The molecule has 0 atom stereocenters. The van der Waals surface area contributed by atoms with Crippen LogP contribution in [-0.4, -0.2) is 0 Å². The van der Waals surface area contributed by atoms with Gasteiger partial charge in [-0.05, 0) is 104 Å². The van der Waals surface area contributed by atoms with Crippen LogP contribution in [0.5, 0.6) is 0 Å². The second-order valence-corrected chi connectivity index (χ2v) is 9.82. The van der Waals surface area contributed by atoms with Crippen LogP contribution in [0.25, 0.3) is 11.6 Å². The first kappa shape index (κ1) is 24.3. The van der Waals surface area contributed by atoms with Gasteiger partial charge in [0.25, 0.3) is 0 Å². The van der Waals surface area contributed by atoms with E-state index in [1.54, 1.807) is 0 Å². The highest BCUT2D eigenvalue weighted by molar-refractivity contribution is 5.92. The Morgan fingerprint density at radius 2 is 1.00 bits per heavy atom. The predicted molar refractivity (Wildman–Crippen MR) is 160 cm³/mol. The Balaban J connectivity index is 1.56. The molecule has 5 aromatic carbocycles. The number of hydrogen-bond donors (Lipinski definition) is 0. The van der Waals surface area contributed by atoms with Crippen LogP contribution >= 0.6 is 0 Å². The SMILES string of the molecule is Cc1ccc(N(c2ccc(C)cc2)c2ccc(C=C(c3ccccc3)c3ccc(C)c(C)c3)cc2)cc1.